The molecule has 0 radical (unpaired) electrons. The van der Waals surface area contributed by atoms with Crippen LogP contribution in [0.15, 0.2) is 84.9 Å². The molecule has 0 bridgehead atoms. The van der Waals surface area contributed by atoms with Crippen molar-refractivity contribution >= 4 is 11.8 Å². The number of morpholine rings is 1. The molecule has 1 heterocycles. The van der Waals surface area contributed by atoms with Gasteiger partial charge in [0.05, 0.1) is 38.8 Å². The number of hydrogen-bond acceptors (Lipinski definition) is 5. The smallest absolute Gasteiger partial charge is 0.251 e. The van der Waals surface area contributed by atoms with E-state index in [9.17, 15) is 9.59 Å². The second-order valence-electron chi connectivity index (χ2n) is 8.81. The fourth-order valence-electron chi connectivity index (χ4n) is 4.32. The van der Waals surface area contributed by atoms with Crippen LogP contribution in [0.3, 0.4) is 0 Å². The Morgan fingerprint density at radius 1 is 0.833 bits per heavy atom. The van der Waals surface area contributed by atoms with Gasteiger partial charge in [-0.1, -0.05) is 60.7 Å². The van der Waals surface area contributed by atoms with Gasteiger partial charge in [-0.15, -0.1) is 0 Å². The third-order valence-corrected chi connectivity index (χ3v) is 6.33. The van der Waals surface area contributed by atoms with Gasteiger partial charge >= 0.3 is 0 Å². The third kappa shape index (κ3) is 7.16. The van der Waals surface area contributed by atoms with Crippen LogP contribution in [0, 0.1) is 0 Å². The zero-order valence-corrected chi connectivity index (χ0v) is 20.6. The van der Waals surface area contributed by atoms with Gasteiger partial charge < -0.3 is 20.1 Å². The Bertz CT molecular complexity index is 1100. The zero-order chi connectivity index (χ0) is 25.2. The number of nitrogens with one attached hydrogen (secondary N) is 2. The molecule has 0 aromatic heterocycles. The molecule has 7 nitrogen and oxygen atoms in total. The highest BCUT2D eigenvalue weighted by atomic mass is 16.5. The van der Waals surface area contributed by atoms with E-state index in [4.69, 9.17) is 9.47 Å². The predicted molar refractivity (Wildman–Crippen MR) is 139 cm³/mol. The molecule has 2 atom stereocenters. The van der Waals surface area contributed by atoms with Crippen LogP contribution < -0.4 is 15.4 Å². The quantitative estimate of drug-likeness (QED) is 0.455. The first-order chi connectivity index (χ1) is 17.6. The van der Waals surface area contributed by atoms with E-state index in [0.29, 0.717) is 25.3 Å². The van der Waals surface area contributed by atoms with Crippen LogP contribution in [0.2, 0.25) is 0 Å². The van der Waals surface area contributed by atoms with Crippen molar-refractivity contribution in [2.75, 3.05) is 40.0 Å². The molecule has 1 fully saturated rings. The number of carbonyl (C=O) groups is 2. The molecule has 3 aromatic carbocycles. The Morgan fingerprint density at radius 2 is 1.44 bits per heavy atom. The fraction of sp³-hybridized carbons (Fsp3) is 0.310. The van der Waals surface area contributed by atoms with E-state index in [-0.39, 0.29) is 24.3 Å². The van der Waals surface area contributed by atoms with E-state index >= 15 is 0 Å². The molecule has 2 unspecified atom stereocenters. The monoisotopic (exact) mass is 487 g/mol. The summed E-state index contributed by atoms with van der Waals surface area (Å²) in [7, 11) is 1.63. The van der Waals surface area contributed by atoms with E-state index in [1.165, 1.54) is 0 Å². The molecule has 0 saturated carbocycles. The van der Waals surface area contributed by atoms with Crippen molar-refractivity contribution < 1.29 is 19.1 Å². The van der Waals surface area contributed by atoms with Gasteiger partial charge in [0, 0.05) is 25.2 Å². The lowest BCUT2D eigenvalue weighted by Crippen LogP contribution is -2.43. The summed E-state index contributed by atoms with van der Waals surface area (Å²) in [6.45, 7) is 3.69. The molecular formula is C29H33N3O4. The number of methoxy groups -OCH3 is 1. The minimum atomic E-state index is -0.459. The average Bonchev–Trinajstić information content (AvgIpc) is 2.94. The van der Waals surface area contributed by atoms with Crippen LogP contribution in [0.25, 0.3) is 0 Å². The molecule has 1 saturated heterocycles. The van der Waals surface area contributed by atoms with Crippen molar-refractivity contribution in [3.63, 3.8) is 0 Å². The topological polar surface area (TPSA) is 79.9 Å². The van der Waals surface area contributed by atoms with Crippen LogP contribution >= 0.6 is 0 Å². The van der Waals surface area contributed by atoms with Crippen LogP contribution in [0.4, 0.5) is 0 Å². The first kappa shape index (κ1) is 25.4. The molecule has 188 valence electrons. The first-order valence-corrected chi connectivity index (χ1v) is 12.3. The molecule has 3 aromatic rings. The fourth-order valence-corrected chi connectivity index (χ4v) is 4.32. The summed E-state index contributed by atoms with van der Waals surface area (Å²) in [6, 6.07) is 25.7. The van der Waals surface area contributed by atoms with Gasteiger partial charge in [0.2, 0.25) is 5.91 Å². The number of carbonyl (C=O) groups excluding carboxylic acids is 2. The van der Waals surface area contributed by atoms with Gasteiger partial charge in [0.15, 0.2) is 0 Å². The highest BCUT2D eigenvalue weighted by Gasteiger charge is 2.24. The summed E-state index contributed by atoms with van der Waals surface area (Å²) in [4.78, 5) is 28.6. The van der Waals surface area contributed by atoms with Gasteiger partial charge in [-0.2, -0.15) is 0 Å². The molecule has 36 heavy (non-hydrogen) atoms. The van der Waals surface area contributed by atoms with Crippen LogP contribution in [-0.4, -0.2) is 56.7 Å². The predicted octanol–water partition coefficient (Wildman–Crippen LogP) is 3.75. The van der Waals surface area contributed by atoms with Crippen molar-refractivity contribution in [1.29, 1.82) is 0 Å². The second kappa shape index (κ2) is 12.9. The van der Waals surface area contributed by atoms with Crippen molar-refractivity contribution in [2.24, 2.45) is 0 Å². The van der Waals surface area contributed by atoms with Gasteiger partial charge in [0.25, 0.3) is 5.91 Å². The zero-order valence-electron chi connectivity index (χ0n) is 20.6. The Balaban J connectivity index is 1.49. The van der Waals surface area contributed by atoms with Crippen molar-refractivity contribution in [2.45, 2.75) is 18.5 Å². The Hall–Kier alpha value is -3.68. The number of hydrogen-bond donors (Lipinski definition) is 2. The molecule has 7 heteroatoms. The third-order valence-electron chi connectivity index (χ3n) is 6.33. The van der Waals surface area contributed by atoms with E-state index in [1.54, 1.807) is 19.2 Å². The van der Waals surface area contributed by atoms with Gasteiger partial charge in [-0.3, -0.25) is 14.5 Å². The Kier molecular flexibility index (Phi) is 9.08. The number of amides is 2. The summed E-state index contributed by atoms with van der Waals surface area (Å²) in [5, 5.41) is 6.26. The SMILES string of the molecule is COc1ccc(C(CN2CCOCC2)NC(=O)CC(NC(=O)c2ccccc2)c2ccccc2)cc1. The summed E-state index contributed by atoms with van der Waals surface area (Å²) in [6.07, 6.45) is 0.123. The van der Waals surface area contributed by atoms with Gasteiger partial charge in [-0.05, 0) is 35.4 Å². The number of rotatable bonds is 10. The van der Waals surface area contributed by atoms with Crippen molar-refractivity contribution in [3.8, 4) is 5.75 Å². The summed E-state index contributed by atoms with van der Waals surface area (Å²) in [5.74, 6) is 0.423. The van der Waals surface area contributed by atoms with Crippen LogP contribution in [0.5, 0.6) is 5.75 Å². The molecule has 1 aliphatic heterocycles. The Labute approximate surface area is 212 Å². The minimum absolute atomic E-state index is 0.123. The normalized spacial score (nSPS) is 15.5. The lowest BCUT2D eigenvalue weighted by molar-refractivity contribution is -0.122. The van der Waals surface area contributed by atoms with E-state index in [1.807, 2.05) is 72.8 Å². The average molecular weight is 488 g/mol. The molecular weight excluding hydrogens is 454 g/mol. The van der Waals surface area contributed by atoms with Crippen LogP contribution in [0.1, 0.15) is 40.0 Å². The van der Waals surface area contributed by atoms with Crippen molar-refractivity contribution in [1.82, 2.24) is 15.5 Å². The molecule has 0 aliphatic carbocycles. The molecule has 2 amide bonds. The maximum absolute atomic E-state index is 13.4. The number of ether oxygens (including phenoxy) is 2. The molecule has 0 spiro atoms. The lowest BCUT2D eigenvalue weighted by atomic mass is 10.0. The summed E-state index contributed by atoms with van der Waals surface area (Å²) in [5.41, 5.74) is 2.44. The van der Waals surface area contributed by atoms with Gasteiger partial charge in [-0.25, -0.2) is 0 Å². The molecule has 1 aliphatic rings. The number of benzene rings is 3. The standard InChI is InChI=1S/C29H33N3O4/c1-35-25-14-12-23(13-15-25)27(21-32-16-18-36-19-17-32)30-28(33)20-26(22-8-4-2-5-9-22)31-29(34)24-10-6-3-7-11-24/h2-15,26-27H,16-21H2,1H3,(H,30,33)(H,31,34). The number of nitrogens with zero attached hydrogens (tertiary/aromatic N) is 1. The Morgan fingerprint density at radius 3 is 2.08 bits per heavy atom. The van der Waals surface area contributed by atoms with E-state index in [0.717, 1.165) is 30.0 Å². The maximum Gasteiger partial charge on any atom is 0.251 e. The lowest BCUT2D eigenvalue weighted by Gasteiger charge is -2.31. The van der Waals surface area contributed by atoms with Crippen molar-refractivity contribution in [3.05, 3.63) is 102 Å². The van der Waals surface area contributed by atoms with Gasteiger partial charge in [0.1, 0.15) is 5.75 Å². The van der Waals surface area contributed by atoms with E-state index in [2.05, 4.69) is 15.5 Å². The van der Waals surface area contributed by atoms with E-state index < -0.39 is 6.04 Å². The maximum atomic E-state index is 13.4. The summed E-state index contributed by atoms with van der Waals surface area (Å²) < 4.78 is 10.8. The highest BCUT2D eigenvalue weighted by molar-refractivity contribution is 5.94. The minimum Gasteiger partial charge on any atom is -0.497 e. The first-order valence-electron chi connectivity index (χ1n) is 12.3. The molecule has 2 N–H and O–H groups in total. The highest BCUT2D eigenvalue weighted by Crippen LogP contribution is 2.22. The van der Waals surface area contributed by atoms with Crippen LogP contribution in [-0.2, 0) is 9.53 Å². The summed E-state index contributed by atoms with van der Waals surface area (Å²) >= 11 is 0. The largest absolute Gasteiger partial charge is 0.497 e. The molecule has 4 rings (SSSR count). The second-order valence-corrected chi connectivity index (χ2v) is 8.81.